The largest absolute Gasteiger partial charge is 0.435 e. The number of halogens is 2. The van der Waals surface area contributed by atoms with Crippen LogP contribution >= 0.6 is 11.8 Å². The summed E-state index contributed by atoms with van der Waals surface area (Å²) in [5.74, 6) is 0.484. The van der Waals surface area contributed by atoms with Gasteiger partial charge in [0.05, 0.1) is 22.7 Å². The van der Waals surface area contributed by atoms with Crippen molar-refractivity contribution in [2.75, 3.05) is 5.75 Å². The van der Waals surface area contributed by atoms with E-state index in [1.54, 1.807) is 24.3 Å². The molecular weight excluding hydrogens is 360 g/mol. The first-order chi connectivity index (χ1) is 12.6. The van der Waals surface area contributed by atoms with Gasteiger partial charge in [-0.3, -0.25) is 9.36 Å². The van der Waals surface area contributed by atoms with Gasteiger partial charge >= 0.3 is 6.61 Å². The molecule has 3 rings (SSSR count). The van der Waals surface area contributed by atoms with Gasteiger partial charge in [0.1, 0.15) is 5.75 Å². The first kappa shape index (κ1) is 17.9. The number of hydrogen-bond acceptors (Lipinski definition) is 5. The van der Waals surface area contributed by atoms with Crippen molar-refractivity contribution >= 4 is 22.7 Å². The molecule has 0 N–H and O–H groups in total. The molecule has 0 saturated carbocycles. The highest BCUT2D eigenvalue weighted by atomic mass is 32.2. The molecule has 0 aliphatic rings. The highest BCUT2D eigenvalue weighted by Gasteiger charge is 2.13. The second-order valence-electron chi connectivity index (χ2n) is 5.18. The predicted octanol–water partition coefficient (Wildman–Crippen LogP) is 3.99. The van der Waals surface area contributed by atoms with Crippen molar-refractivity contribution in [3.8, 4) is 17.5 Å². The summed E-state index contributed by atoms with van der Waals surface area (Å²) >= 11 is 1.29. The summed E-state index contributed by atoms with van der Waals surface area (Å²) < 4.78 is 30.4. The van der Waals surface area contributed by atoms with E-state index in [4.69, 9.17) is 5.26 Å². The van der Waals surface area contributed by atoms with E-state index >= 15 is 0 Å². The van der Waals surface area contributed by atoms with Crippen molar-refractivity contribution in [2.24, 2.45) is 0 Å². The van der Waals surface area contributed by atoms with Gasteiger partial charge in [-0.1, -0.05) is 23.9 Å². The third-order valence-electron chi connectivity index (χ3n) is 3.51. The minimum atomic E-state index is -2.91. The number of nitrogens with zero attached hydrogens (tertiary/aromatic N) is 3. The Bertz CT molecular complexity index is 1010. The Kier molecular flexibility index (Phi) is 5.49. The van der Waals surface area contributed by atoms with E-state index in [1.165, 1.54) is 40.6 Å². The van der Waals surface area contributed by atoms with Gasteiger partial charge < -0.3 is 4.74 Å². The Morgan fingerprint density at radius 3 is 2.62 bits per heavy atom. The van der Waals surface area contributed by atoms with Crippen LogP contribution in [0.15, 0.2) is 58.5 Å². The van der Waals surface area contributed by atoms with E-state index in [0.717, 1.165) is 0 Å². The fourth-order valence-electron chi connectivity index (χ4n) is 2.40. The van der Waals surface area contributed by atoms with Crippen molar-refractivity contribution in [3.63, 3.8) is 0 Å². The zero-order valence-electron chi connectivity index (χ0n) is 13.4. The number of ether oxygens (including phenoxy) is 1. The van der Waals surface area contributed by atoms with Crippen LogP contribution in [0.2, 0.25) is 0 Å². The lowest BCUT2D eigenvalue weighted by molar-refractivity contribution is -0.0498. The number of hydrogen-bond donors (Lipinski definition) is 0. The summed E-state index contributed by atoms with van der Waals surface area (Å²) in [7, 11) is 0. The molecule has 132 valence electrons. The summed E-state index contributed by atoms with van der Waals surface area (Å²) in [5.41, 5.74) is 0.776. The molecule has 0 fully saturated rings. The van der Waals surface area contributed by atoms with Gasteiger partial charge in [0, 0.05) is 12.2 Å². The summed E-state index contributed by atoms with van der Waals surface area (Å²) in [5, 5.41) is 9.62. The van der Waals surface area contributed by atoms with Crippen LogP contribution in [0.4, 0.5) is 8.78 Å². The lowest BCUT2D eigenvalue weighted by Gasteiger charge is -2.13. The number of para-hydroxylation sites is 1. The number of nitriles is 1. The van der Waals surface area contributed by atoms with Crippen LogP contribution in [-0.4, -0.2) is 21.9 Å². The number of thioether (sulfide) groups is 1. The first-order valence-corrected chi connectivity index (χ1v) is 8.65. The third-order valence-corrected chi connectivity index (χ3v) is 4.45. The maximum absolute atomic E-state index is 12.9. The first-order valence-electron chi connectivity index (χ1n) is 7.67. The van der Waals surface area contributed by atoms with Crippen LogP contribution in [0.3, 0.4) is 0 Å². The second-order valence-corrected chi connectivity index (χ2v) is 6.24. The van der Waals surface area contributed by atoms with Crippen molar-refractivity contribution in [1.82, 2.24) is 9.55 Å². The molecule has 0 aliphatic heterocycles. The number of fused-ring (bicyclic) bond motifs is 1. The summed E-state index contributed by atoms with van der Waals surface area (Å²) in [6, 6.07) is 14.8. The third kappa shape index (κ3) is 3.83. The maximum Gasteiger partial charge on any atom is 0.387 e. The van der Waals surface area contributed by atoms with Gasteiger partial charge in [-0.2, -0.15) is 14.0 Å². The summed E-state index contributed by atoms with van der Waals surface area (Å²) in [6.45, 7) is -2.91. The predicted molar refractivity (Wildman–Crippen MR) is 94.9 cm³/mol. The Morgan fingerprint density at radius 2 is 1.92 bits per heavy atom. The molecule has 0 aliphatic carbocycles. The van der Waals surface area contributed by atoms with Gasteiger partial charge in [0.15, 0.2) is 5.16 Å². The normalized spacial score (nSPS) is 10.8. The van der Waals surface area contributed by atoms with Gasteiger partial charge in [-0.15, -0.1) is 0 Å². The molecule has 1 heterocycles. The highest BCUT2D eigenvalue weighted by molar-refractivity contribution is 7.99. The molecule has 2 aromatic carbocycles. The zero-order chi connectivity index (χ0) is 18.5. The van der Waals surface area contributed by atoms with Gasteiger partial charge in [0.25, 0.3) is 5.56 Å². The lowest BCUT2D eigenvalue weighted by atomic mass is 10.2. The number of benzene rings is 2. The van der Waals surface area contributed by atoms with E-state index in [2.05, 4.69) is 15.8 Å². The zero-order valence-corrected chi connectivity index (χ0v) is 14.2. The fraction of sp³-hybridized carbons (Fsp3) is 0.167. The Hall–Kier alpha value is -2.92. The number of aromatic nitrogens is 2. The quantitative estimate of drug-likeness (QED) is 0.371. The van der Waals surface area contributed by atoms with Crippen molar-refractivity contribution in [2.45, 2.75) is 18.2 Å². The molecule has 5 nitrogen and oxygen atoms in total. The molecular formula is C18H13F2N3O2S. The number of rotatable bonds is 6. The SMILES string of the molecule is N#CCCSc1nc2ccccc2c(=O)n1-c1ccc(OC(F)F)cc1. The van der Waals surface area contributed by atoms with E-state index < -0.39 is 6.61 Å². The van der Waals surface area contributed by atoms with Crippen molar-refractivity contribution in [3.05, 3.63) is 58.9 Å². The highest BCUT2D eigenvalue weighted by Crippen LogP contribution is 2.23. The van der Waals surface area contributed by atoms with Gasteiger partial charge in [0.2, 0.25) is 0 Å². The Balaban J connectivity index is 2.10. The smallest absolute Gasteiger partial charge is 0.387 e. The molecule has 3 aromatic rings. The molecule has 0 spiro atoms. The van der Waals surface area contributed by atoms with Gasteiger partial charge in [-0.25, -0.2) is 4.98 Å². The molecule has 0 bridgehead atoms. The minimum absolute atomic E-state index is 0.00392. The van der Waals surface area contributed by atoms with Crippen LogP contribution in [0, 0.1) is 11.3 Å². The van der Waals surface area contributed by atoms with Crippen LogP contribution in [0.1, 0.15) is 6.42 Å². The van der Waals surface area contributed by atoms with Crippen LogP contribution in [0.5, 0.6) is 5.75 Å². The average Bonchev–Trinajstić information content (AvgIpc) is 2.63. The van der Waals surface area contributed by atoms with E-state index in [-0.39, 0.29) is 11.3 Å². The number of alkyl halides is 2. The molecule has 0 unspecified atom stereocenters. The van der Waals surface area contributed by atoms with E-state index in [0.29, 0.717) is 33.9 Å². The van der Waals surface area contributed by atoms with Crippen molar-refractivity contribution in [1.29, 1.82) is 5.26 Å². The molecule has 8 heteroatoms. The molecule has 0 amide bonds. The van der Waals surface area contributed by atoms with Gasteiger partial charge in [-0.05, 0) is 36.4 Å². The van der Waals surface area contributed by atoms with E-state index in [1.807, 2.05) is 0 Å². The van der Waals surface area contributed by atoms with Crippen LogP contribution in [-0.2, 0) is 0 Å². The maximum atomic E-state index is 12.9. The summed E-state index contributed by atoms with van der Waals surface area (Å²) in [6.07, 6.45) is 0.314. The Labute approximate surface area is 151 Å². The topological polar surface area (TPSA) is 67.9 Å². The molecule has 1 aromatic heterocycles. The lowest BCUT2D eigenvalue weighted by Crippen LogP contribution is -2.21. The van der Waals surface area contributed by atoms with E-state index in [9.17, 15) is 13.6 Å². The molecule has 0 atom stereocenters. The minimum Gasteiger partial charge on any atom is -0.435 e. The molecule has 26 heavy (non-hydrogen) atoms. The fourth-order valence-corrected chi connectivity index (χ4v) is 3.26. The van der Waals surface area contributed by atoms with Crippen LogP contribution in [0.25, 0.3) is 16.6 Å². The van der Waals surface area contributed by atoms with Crippen molar-refractivity contribution < 1.29 is 13.5 Å². The monoisotopic (exact) mass is 373 g/mol. The molecule has 0 radical (unpaired) electrons. The average molecular weight is 373 g/mol. The Morgan fingerprint density at radius 1 is 1.19 bits per heavy atom. The van der Waals surface area contributed by atoms with Crippen LogP contribution < -0.4 is 10.3 Å². The standard InChI is InChI=1S/C18H13F2N3O2S/c19-17(20)25-13-8-6-12(7-9-13)23-16(24)14-4-1-2-5-15(14)22-18(23)26-11-3-10-21/h1-2,4-9,17H,3,11H2. The second kappa shape index (κ2) is 7.97. The summed E-state index contributed by atoms with van der Waals surface area (Å²) in [4.78, 5) is 17.5. The molecule has 0 saturated heterocycles.